The molecule has 2 atom stereocenters. The number of ether oxygens (including phenoxy) is 1. The van der Waals surface area contributed by atoms with Crippen molar-refractivity contribution < 1.29 is 18.7 Å². The minimum Gasteiger partial charge on any atom is -0.465 e. The van der Waals surface area contributed by atoms with Crippen molar-refractivity contribution in [2.24, 2.45) is 0 Å². The molecule has 0 radical (unpaired) electrons. The maximum Gasteiger partial charge on any atom is 0.409 e. The van der Waals surface area contributed by atoms with Crippen molar-refractivity contribution in [3.63, 3.8) is 0 Å². The summed E-state index contributed by atoms with van der Waals surface area (Å²) in [5.74, 6) is 1.93. The average molecular weight is 321 g/mol. The highest BCUT2D eigenvalue weighted by atomic mass is 16.6. The van der Waals surface area contributed by atoms with Crippen molar-refractivity contribution in [1.29, 1.82) is 0 Å². The first-order valence-corrected chi connectivity index (χ1v) is 8.08. The molecule has 0 N–H and O–H groups in total. The van der Waals surface area contributed by atoms with E-state index in [1.54, 1.807) is 11.8 Å². The van der Waals surface area contributed by atoms with Crippen LogP contribution in [0.4, 0.5) is 4.79 Å². The van der Waals surface area contributed by atoms with Gasteiger partial charge in [-0.2, -0.15) is 0 Å². The summed E-state index contributed by atoms with van der Waals surface area (Å²) < 4.78 is 10.5. The van der Waals surface area contributed by atoms with Crippen molar-refractivity contribution in [2.45, 2.75) is 26.4 Å². The minimum atomic E-state index is -0.291. The summed E-state index contributed by atoms with van der Waals surface area (Å²) in [4.78, 5) is 29.7. The average Bonchev–Trinajstić information content (AvgIpc) is 3.19. The predicted octanol–water partition coefficient (Wildman–Crippen LogP) is 1.07. The fourth-order valence-electron chi connectivity index (χ4n) is 2.89. The SMILES string of the molecule is CCOC(=O)N1CCN(C(=O)C2CN2Cc2ccc(C)o2)CC1. The molecule has 1 aromatic heterocycles. The van der Waals surface area contributed by atoms with Crippen molar-refractivity contribution in [3.05, 3.63) is 23.7 Å². The van der Waals surface area contributed by atoms with E-state index < -0.39 is 0 Å². The lowest BCUT2D eigenvalue weighted by Crippen LogP contribution is -2.52. The van der Waals surface area contributed by atoms with Gasteiger partial charge in [-0.15, -0.1) is 0 Å². The Morgan fingerprint density at radius 2 is 1.91 bits per heavy atom. The van der Waals surface area contributed by atoms with Crippen LogP contribution in [0.2, 0.25) is 0 Å². The molecule has 0 aromatic carbocycles. The Morgan fingerprint density at radius 1 is 1.22 bits per heavy atom. The molecule has 0 aliphatic carbocycles. The van der Waals surface area contributed by atoms with Gasteiger partial charge in [-0.25, -0.2) is 4.79 Å². The molecule has 2 amide bonds. The van der Waals surface area contributed by atoms with Crippen LogP contribution < -0.4 is 0 Å². The lowest BCUT2D eigenvalue weighted by atomic mass is 10.3. The topological polar surface area (TPSA) is 66.0 Å². The number of piperazine rings is 1. The third-order valence-corrected chi connectivity index (χ3v) is 4.27. The van der Waals surface area contributed by atoms with E-state index in [0.717, 1.165) is 18.1 Å². The number of aryl methyl sites for hydroxylation is 1. The second kappa shape index (κ2) is 6.62. The van der Waals surface area contributed by atoms with Gasteiger partial charge in [-0.05, 0) is 26.0 Å². The zero-order valence-corrected chi connectivity index (χ0v) is 13.7. The van der Waals surface area contributed by atoms with E-state index >= 15 is 0 Å². The molecule has 3 heterocycles. The van der Waals surface area contributed by atoms with Crippen LogP contribution in [0.25, 0.3) is 0 Å². The van der Waals surface area contributed by atoms with Gasteiger partial charge in [-0.3, -0.25) is 9.69 Å². The first-order valence-electron chi connectivity index (χ1n) is 8.08. The molecule has 1 aromatic rings. The van der Waals surface area contributed by atoms with Crippen LogP contribution in [0.3, 0.4) is 0 Å². The number of carbonyl (C=O) groups excluding carboxylic acids is 2. The van der Waals surface area contributed by atoms with E-state index in [1.165, 1.54) is 0 Å². The van der Waals surface area contributed by atoms with Crippen LogP contribution in [-0.4, -0.2) is 72.1 Å². The number of hydrogen-bond donors (Lipinski definition) is 0. The third-order valence-electron chi connectivity index (χ3n) is 4.27. The molecule has 2 aliphatic rings. The quantitative estimate of drug-likeness (QED) is 0.776. The zero-order valence-electron chi connectivity index (χ0n) is 13.7. The fourth-order valence-corrected chi connectivity index (χ4v) is 2.89. The molecule has 2 aliphatic heterocycles. The fraction of sp³-hybridized carbons (Fsp3) is 0.625. The van der Waals surface area contributed by atoms with E-state index in [9.17, 15) is 9.59 Å². The highest BCUT2D eigenvalue weighted by molar-refractivity contribution is 5.85. The highest BCUT2D eigenvalue weighted by Gasteiger charge is 2.43. The van der Waals surface area contributed by atoms with Crippen LogP contribution in [0.15, 0.2) is 16.5 Å². The molecular weight excluding hydrogens is 298 g/mol. The Hall–Kier alpha value is -2.02. The summed E-state index contributed by atoms with van der Waals surface area (Å²) in [6, 6.07) is 3.84. The van der Waals surface area contributed by atoms with Gasteiger partial charge in [0.15, 0.2) is 0 Å². The van der Waals surface area contributed by atoms with Crippen LogP contribution in [0.1, 0.15) is 18.4 Å². The smallest absolute Gasteiger partial charge is 0.409 e. The monoisotopic (exact) mass is 321 g/mol. The van der Waals surface area contributed by atoms with E-state index in [1.807, 2.05) is 24.0 Å². The second-order valence-electron chi connectivity index (χ2n) is 5.97. The molecule has 3 rings (SSSR count). The number of hydrogen-bond acceptors (Lipinski definition) is 5. The van der Waals surface area contributed by atoms with Crippen molar-refractivity contribution in [3.8, 4) is 0 Å². The largest absolute Gasteiger partial charge is 0.465 e. The number of amides is 2. The summed E-state index contributed by atoms with van der Waals surface area (Å²) in [5.41, 5.74) is 0. The van der Waals surface area contributed by atoms with Gasteiger partial charge in [0.1, 0.15) is 17.6 Å². The van der Waals surface area contributed by atoms with Gasteiger partial charge < -0.3 is 19.0 Å². The van der Waals surface area contributed by atoms with Gasteiger partial charge >= 0.3 is 6.09 Å². The van der Waals surface area contributed by atoms with Gasteiger partial charge in [0, 0.05) is 32.7 Å². The summed E-state index contributed by atoms with van der Waals surface area (Å²) in [5, 5.41) is 0. The molecule has 126 valence electrons. The van der Waals surface area contributed by atoms with Gasteiger partial charge in [0.05, 0.1) is 13.2 Å². The molecule has 0 saturated carbocycles. The minimum absolute atomic E-state index is 0.0467. The number of carbonyl (C=O) groups is 2. The maximum absolute atomic E-state index is 12.5. The highest BCUT2D eigenvalue weighted by Crippen LogP contribution is 2.24. The number of nitrogens with zero attached hydrogens (tertiary/aromatic N) is 3. The van der Waals surface area contributed by atoms with Gasteiger partial charge in [-0.1, -0.05) is 0 Å². The second-order valence-corrected chi connectivity index (χ2v) is 5.97. The van der Waals surface area contributed by atoms with Crippen molar-refractivity contribution >= 4 is 12.0 Å². The van der Waals surface area contributed by atoms with Crippen LogP contribution in [-0.2, 0) is 16.1 Å². The molecule has 0 bridgehead atoms. The molecule has 2 saturated heterocycles. The van der Waals surface area contributed by atoms with Crippen LogP contribution in [0, 0.1) is 6.92 Å². The van der Waals surface area contributed by atoms with E-state index in [2.05, 4.69) is 4.90 Å². The molecule has 0 spiro atoms. The molecular formula is C16H23N3O4. The zero-order chi connectivity index (χ0) is 16.4. The summed E-state index contributed by atoms with van der Waals surface area (Å²) >= 11 is 0. The van der Waals surface area contributed by atoms with E-state index in [0.29, 0.717) is 39.3 Å². The Kier molecular flexibility index (Phi) is 4.56. The van der Waals surface area contributed by atoms with E-state index in [-0.39, 0.29) is 18.0 Å². The summed E-state index contributed by atoms with van der Waals surface area (Å²) in [6.07, 6.45) is -0.291. The van der Waals surface area contributed by atoms with Crippen molar-refractivity contribution in [1.82, 2.24) is 14.7 Å². The molecule has 7 heteroatoms. The van der Waals surface area contributed by atoms with Gasteiger partial charge in [0.25, 0.3) is 0 Å². The first-order chi connectivity index (χ1) is 11.1. The number of furan rings is 1. The Balaban J connectivity index is 1.44. The Labute approximate surface area is 135 Å². The molecule has 2 unspecified atom stereocenters. The molecule has 23 heavy (non-hydrogen) atoms. The normalized spacial score (nSPS) is 23.7. The first kappa shape index (κ1) is 15.9. The lowest BCUT2D eigenvalue weighted by molar-refractivity contribution is -0.133. The van der Waals surface area contributed by atoms with E-state index in [4.69, 9.17) is 9.15 Å². The third kappa shape index (κ3) is 3.67. The van der Waals surface area contributed by atoms with Crippen LogP contribution >= 0.6 is 0 Å². The summed E-state index contributed by atoms with van der Waals surface area (Å²) in [7, 11) is 0. The standard InChI is InChI=1S/C16H23N3O4/c1-3-22-16(21)18-8-6-17(7-9-18)15(20)14-11-19(14)10-13-5-4-12(2)23-13/h4-5,14H,3,6-11H2,1-2H3. The van der Waals surface area contributed by atoms with Crippen molar-refractivity contribution in [2.75, 3.05) is 39.3 Å². The lowest BCUT2D eigenvalue weighted by Gasteiger charge is -2.34. The molecule has 7 nitrogen and oxygen atoms in total. The predicted molar refractivity (Wildman–Crippen MR) is 82.8 cm³/mol. The Morgan fingerprint density at radius 3 is 2.52 bits per heavy atom. The van der Waals surface area contributed by atoms with Gasteiger partial charge in [0.2, 0.25) is 5.91 Å². The maximum atomic E-state index is 12.5. The van der Waals surface area contributed by atoms with Crippen LogP contribution in [0.5, 0.6) is 0 Å². The molecule has 2 fully saturated rings. The Bertz CT molecular complexity index is 578. The summed E-state index contributed by atoms with van der Waals surface area (Å²) in [6.45, 7) is 7.75. The number of rotatable bonds is 4.